The molecule has 6 nitrogen and oxygen atoms in total. The van der Waals surface area contributed by atoms with E-state index in [2.05, 4.69) is 5.32 Å². The van der Waals surface area contributed by atoms with Gasteiger partial charge in [-0.1, -0.05) is 24.3 Å². The van der Waals surface area contributed by atoms with E-state index in [4.69, 9.17) is 4.74 Å². The van der Waals surface area contributed by atoms with Crippen LogP contribution in [0.4, 0.5) is 11.4 Å². The van der Waals surface area contributed by atoms with Gasteiger partial charge in [0.1, 0.15) is 5.75 Å². The van der Waals surface area contributed by atoms with Crippen LogP contribution in [-0.4, -0.2) is 30.2 Å². The Morgan fingerprint density at radius 2 is 1.75 bits per heavy atom. The lowest BCUT2D eigenvalue weighted by molar-refractivity contribution is -0.117. The van der Waals surface area contributed by atoms with Crippen LogP contribution in [0.5, 0.6) is 5.75 Å². The molecular weight excluding hydrogens is 356 g/mol. The maximum Gasteiger partial charge on any atom is 0.226 e. The van der Waals surface area contributed by atoms with E-state index in [-0.39, 0.29) is 36.7 Å². The molecule has 1 N–H and O–H groups in total. The first-order valence-electron chi connectivity index (χ1n) is 9.22. The summed E-state index contributed by atoms with van der Waals surface area (Å²) in [5, 5.41) is 2.84. The number of carbonyl (C=O) groups excluding carboxylic acids is 3. The number of Topliss-reactive ketones (excluding diaryl/α,β-unsaturated/α-hetero) is 1. The van der Waals surface area contributed by atoms with Crippen LogP contribution in [0, 0.1) is 0 Å². The number of para-hydroxylation sites is 2. The zero-order chi connectivity index (χ0) is 20.7. The molecule has 0 aliphatic carbocycles. The van der Waals surface area contributed by atoms with Gasteiger partial charge in [-0.25, -0.2) is 0 Å². The molecule has 0 unspecified atom stereocenters. The Balaban J connectivity index is 2.07. The van der Waals surface area contributed by atoms with Gasteiger partial charge in [0, 0.05) is 31.1 Å². The van der Waals surface area contributed by atoms with Crippen LogP contribution in [0.3, 0.4) is 0 Å². The minimum atomic E-state index is -0.228. The van der Waals surface area contributed by atoms with E-state index >= 15 is 0 Å². The Kier molecular flexibility index (Phi) is 7.32. The van der Waals surface area contributed by atoms with Gasteiger partial charge in [-0.3, -0.25) is 14.4 Å². The molecule has 6 heteroatoms. The summed E-state index contributed by atoms with van der Waals surface area (Å²) in [7, 11) is 0. The lowest BCUT2D eigenvalue weighted by Crippen LogP contribution is -2.32. The summed E-state index contributed by atoms with van der Waals surface area (Å²) < 4.78 is 5.70. The molecule has 0 atom stereocenters. The zero-order valence-corrected chi connectivity index (χ0v) is 16.7. The average Bonchev–Trinajstić information content (AvgIpc) is 2.63. The van der Waals surface area contributed by atoms with Crippen LogP contribution in [0.15, 0.2) is 48.5 Å². The van der Waals surface area contributed by atoms with Gasteiger partial charge in [0.15, 0.2) is 5.78 Å². The highest BCUT2D eigenvalue weighted by molar-refractivity contribution is 5.98. The monoisotopic (exact) mass is 382 g/mol. The van der Waals surface area contributed by atoms with Crippen molar-refractivity contribution in [1.29, 1.82) is 0 Å². The second kappa shape index (κ2) is 9.69. The molecule has 148 valence electrons. The van der Waals surface area contributed by atoms with Gasteiger partial charge in [-0.05, 0) is 45.0 Å². The Hall–Kier alpha value is -3.15. The number of amides is 2. The summed E-state index contributed by atoms with van der Waals surface area (Å²) in [6, 6.07) is 14.1. The van der Waals surface area contributed by atoms with Crippen molar-refractivity contribution in [1.82, 2.24) is 0 Å². The third-order valence-corrected chi connectivity index (χ3v) is 4.03. The van der Waals surface area contributed by atoms with E-state index in [9.17, 15) is 14.4 Å². The van der Waals surface area contributed by atoms with Crippen LogP contribution in [-0.2, 0) is 9.59 Å². The number of ketones is 1. The molecular formula is C22H26N2O4. The van der Waals surface area contributed by atoms with Crippen molar-refractivity contribution < 1.29 is 19.1 Å². The molecule has 0 saturated carbocycles. The van der Waals surface area contributed by atoms with E-state index in [0.717, 1.165) is 0 Å². The van der Waals surface area contributed by atoms with Crippen molar-refractivity contribution in [2.45, 2.75) is 40.2 Å². The third kappa shape index (κ3) is 5.94. The average molecular weight is 382 g/mol. The molecule has 0 heterocycles. The summed E-state index contributed by atoms with van der Waals surface area (Å²) >= 11 is 0. The highest BCUT2D eigenvalue weighted by atomic mass is 16.5. The molecule has 2 aromatic carbocycles. The first kappa shape index (κ1) is 21.2. The van der Waals surface area contributed by atoms with Crippen molar-refractivity contribution in [2.75, 3.05) is 16.8 Å². The number of hydrogen-bond donors (Lipinski definition) is 1. The third-order valence-electron chi connectivity index (χ3n) is 4.03. The van der Waals surface area contributed by atoms with Crippen LogP contribution in [0.1, 0.15) is 44.5 Å². The van der Waals surface area contributed by atoms with Gasteiger partial charge in [-0.2, -0.15) is 0 Å². The second-order valence-corrected chi connectivity index (χ2v) is 6.74. The largest absolute Gasteiger partial charge is 0.489 e. The molecule has 2 amide bonds. The Labute approximate surface area is 165 Å². The number of carbonyl (C=O) groups is 3. The number of hydrogen-bond acceptors (Lipinski definition) is 4. The van der Waals surface area contributed by atoms with Crippen molar-refractivity contribution in [3.63, 3.8) is 0 Å². The summed E-state index contributed by atoms with van der Waals surface area (Å²) in [6.07, 6.45) is 0.0969. The lowest BCUT2D eigenvalue weighted by atomic mass is 10.1. The van der Waals surface area contributed by atoms with Crippen LogP contribution >= 0.6 is 0 Å². The minimum Gasteiger partial charge on any atom is -0.489 e. The summed E-state index contributed by atoms with van der Waals surface area (Å²) in [6.45, 7) is 6.94. The van der Waals surface area contributed by atoms with Gasteiger partial charge in [0.25, 0.3) is 0 Å². The Bertz CT molecular complexity index is 861. The number of benzene rings is 2. The topological polar surface area (TPSA) is 75.7 Å². The van der Waals surface area contributed by atoms with Gasteiger partial charge in [0.05, 0.1) is 11.8 Å². The van der Waals surface area contributed by atoms with Crippen molar-refractivity contribution in [2.24, 2.45) is 0 Å². The Morgan fingerprint density at radius 1 is 1.04 bits per heavy atom. The van der Waals surface area contributed by atoms with E-state index in [1.165, 1.54) is 18.7 Å². The van der Waals surface area contributed by atoms with E-state index in [1.54, 1.807) is 36.4 Å². The highest BCUT2D eigenvalue weighted by Crippen LogP contribution is 2.25. The quantitative estimate of drug-likeness (QED) is 0.699. The highest BCUT2D eigenvalue weighted by Gasteiger charge is 2.16. The Morgan fingerprint density at radius 3 is 2.39 bits per heavy atom. The fourth-order valence-corrected chi connectivity index (χ4v) is 2.71. The van der Waals surface area contributed by atoms with Crippen LogP contribution in [0.2, 0.25) is 0 Å². The normalized spacial score (nSPS) is 10.5. The molecule has 0 aliphatic heterocycles. The number of ether oxygens (including phenoxy) is 1. The molecule has 0 aliphatic rings. The lowest BCUT2D eigenvalue weighted by Gasteiger charge is -2.21. The molecule has 0 radical (unpaired) electrons. The molecule has 2 aromatic rings. The number of rotatable bonds is 8. The first-order valence-corrected chi connectivity index (χ1v) is 9.22. The van der Waals surface area contributed by atoms with Gasteiger partial charge >= 0.3 is 0 Å². The number of nitrogens with zero attached hydrogens (tertiary/aromatic N) is 1. The predicted octanol–water partition coefficient (Wildman–Crippen LogP) is 4.06. The number of anilines is 2. The SMILES string of the molecule is CC(=O)c1cccc(N(CCC(=O)Nc2ccccc2OC(C)C)C(C)=O)c1. The van der Waals surface area contributed by atoms with Gasteiger partial charge in [0.2, 0.25) is 11.8 Å². The van der Waals surface area contributed by atoms with Crippen molar-refractivity contribution in [3.05, 3.63) is 54.1 Å². The van der Waals surface area contributed by atoms with E-state index < -0.39 is 0 Å². The molecule has 0 aromatic heterocycles. The van der Waals surface area contributed by atoms with E-state index in [1.807, 2.05) is 26.0 Å². The van der Waals surface area contributed by atoms with Crippen LogP contribution in [0.25, 0.3) is 0 Å². The number of nitrogens with one attached hydrogen (secondary N) is 1. The zero-order valence-electron chi connectivity index (χ0n) is 16.7. The molecule has 2 rings (SSSR count). The van der Waals surface area contributed by atoms with Crippen molar-refractivity contribution in [3.8, 4) is 5.75 Å². The predicted molar refractivity (Wildman–Crippen MR) is 110 cm³/mol. The molecule has 0 spiro atoms. The smallest absolute Gasteiger partial charge is 0.226 e. The fourth-order valence-electron chi connectivity index (χ4n) is 2.71. The standard InChI is InChI=1S/C22H26N2O4/c1-15(2)28-21-11-6-5-10-20(21)23-22(27)12-13-24(17(4)26)19-9-7-8-18(14-19)16(3)25/h5-11,14-15H,12-13H2,1-4H3,(H,23,27). The maximum absolute atomic E-state index is 12.4. The minimum absolute atomic E-state index is 0.0141. The van der Waals surface area contributed by atoms with Crippen molar-refractivity contribution >= 4 is 29.0 Å². The second-order valence-electron chi connectivity index (χ2n) is 6.74. The molecule has 28 heavy (non-hydrogen) atoms. The fraction of sp³-hybridized carbons (Fsp3) is 0.318. The summed E-state index contributed by atoms with van der Waals surface area (Å²) in [4.78, 5) is 37.6. The maximum atomic E-state index is 12.4. The summed E-state index contributed by atoms with van der Waals surface area (Å²) in [5.74, 6) is 0.0964. The van der Waals surface area contributed by atoms with Crippen LogP contribution < -0.4 is 15.0 Å². The van der Waals surface area contributed by atoms with E-state index in [0.29, 0.717) is 22.7 Å². The summed E-state index contributed by atoms with van der Waals surface area (Å²) in [5.41, 5.74) is 1.71. The first-order chi connectivity index (χ1) is 13.3. The van der Waals surface area contributed by atoms with Gasteiger partial charge in [-0.15, -0.1) is 0 Å². The molecule has 0 saturated heterocycles. The molecule has 0 fully saturated rings. The molecule has 0 bridgehead atoms. The van der Waals surface area contributed by atoms with Gasteiger partial charge < -0.3 is 15.0 Å².